The summed E-state index contributed by atoms with van der Waals surface area (Å²) in [5.41, 5.74) is 6.32. The molecule has 0 bridgehead atoms. The number of fused-ring (bicyclic) bond motifs is 1. The van der Waals surface area contributed by atoms with Gasteiger partial charge in [-0.1, -0.05) is 24.3 Å². The normalized spacial score (nSPS) is 18.2. The molecule has 30 heavy (non-hydrogen) atoms. The molecular formula is C25H33N3O2. The Bertz CT molecular complexity index is 964. The molecule has 5 heteroatoms. The number of aliphatic hydroxyl groups excluding tert-OH is 1. The third kappa shape index (κ3) is 4.38. The van der Waals surface area contributed by atoms with Crippen LogP contribution in [-0.2, 0) is 13.1 Å². The number of piperazine rings is 1. The largest absolute Gasteiger partial charge is 0.496 e. The summed E-state index contributed by atoms with van der Waals surface area (Å²) in [5.74, 6) is 0.950. The fourth-order valence-electron chi connectivity index (χ4n) is 4.65. The number of hydrogen-bond acceptors (Lipinski definition) is 4. The van der Waals surface area contributed by atoms with Gasteiger partial charge in [0.25, 0.3) is 0 Å². The second-order valence-corrected chi connectivity index (χ2v) is 8.43. The van der Waals surface area contributed by atoms with Gasteiger partial charge in [-0.25, -0.2) is 0 Å². The molecule has 4 rings (SSSR count). The molecule has 0 radical (unpaired) electrons. The van der Waals surface area contributed by atoms with Gasteiger partial charge in [-0.3, -0.25) is 9.80 Å². The number of rotatable bonds is 7. The summed E-state index contributed by atoms with van der Waals surface area (Å²) >= 11 is 0. The van der Waals surface area contributed by atoms with Crippen LogP contribution in [0.15, 0.2) is 42.5 Å². The van der Waals surface area contributed by atoms with E-state index in [1.807, 2.05) is 0 Å². The molecule has 0 spiro atoms. The Labute approximate surface area is 179 Å². The van der Waals surface area contributed by atoms with E-state index in [9.17, 15) is 5.11 Å². The van der Waals surface area contributed by atoms with Gasteiger partial charge < -0.3 is 14.8 Å². The van der Waals surface area contributed by atoms with E-state index in [0.29, 0.717) is 6.04 Å². The van der Waals surface area contributed by atoms with Crippen molar-refractivity contribution in [2.75, 3.05) is 33.4 Å². The number of H-pyrrole nitrogens is 1. The summed E-state index contributed by atoms with van der Waals surface area (Å²) in [6, 6.07) is 15.3. The number of aliphatic hydroxyl groups is 1. The van der Waals surface area contributed by atoms with Gasteiger partial charge in [-0.15, -0.1) is 0 Å². The van der Waals surface area contributed by atoms with Crippen LogP contribution in [0.2, 0.25) is 0 Å². The van der Waals surface area contributed by atoms with Gasteiger partial charge in [0.2, 0.25) is 0 Å². The standard InChI is InChI=1S/C25H33N3O2/c1-18-19(2)25(30-3)9-8-21(18)15-28-12-11-27(17-23(28)10-13-29)16-22-14-20-6-4-5-7-24(20)26-22/h4-9,14,23,26,29H,10-13,15-17H2,1-3H3. The summed E-state index contributed by atoms with van der Waals surface area (Å²) in [4.78, 5) is 8.59. The molecule has 1 fully saturated rings. The minimum Gasteiger partial charge on any atom is -0.496 e. The molecule has 1 aliphatic heterocycles. The molecule has 1 aromatic heterocycles. The van der Waals surface area contributed by atoms with E-state index in [2.05, 4.69) is 71.1 Å². The van der Waals surface area contributed by atoms with E-state index in [1.54, 1.807) is 7.11 Å². The highest BCUT2D eigenvalue weighted by atomic mass is 16.5. The lowest BCUT2D eigenvalue weighted by Crippen LogP contribution is -2.52. The van der Waals surface area contributed by atoms with Gasteiger partial charge >= 0.3 is 0 Å². The van der Waals surface area contributed by atoms with E-state index in [4.69, 9.17) is 4.74 Å². The van der Waals surface area contributed by atoms with Gasteiger partial charge in [-0.05, 0) is 60.5 Å². The number of benzene rings is 2. The highest BCUT2D eigenvalue weighted by Crippen LogP contribution is 2.27. The zero-order valence-electron chi connectivity index (χ0n) is 18.3. The Hall–Kier alpha value is -2.34. The Balaban J connectivity index is 1.44. The van der Waals surface area contributed by atoms with Crippen molar-refractivity contribution in [3.63, 3.8) is 0 Å². The third-order valence-corrected chi connectivity index (χ3v) is 6.57. The molecule has 1 atom stereocenters. The van der Waals surface area contributed by atoms with Crippen molar-refractivity contribution in [1.29, 1.82) is 0 Å². The second-order valence-electron chi connectivity index (χ2n) is 8.43. The molecule has 1 unspecified atom stereocenters. The Kier molecular flexibility index (Phi) is 6.42. The number of nitrogens with zero attached hydrogens (tertiary/aromatic N) is 2. The Morgan fingerprint density at radius 2 is 1.90 bits per heavy atom. The minimum absolute atomic E-state index is 0.224. The van der Waals surface area contributed by atoms with Crippen molar-refractivity contribution in [2.24, 2.45) is 0 Å². The molecule has 2 N–H and O–H groups in total. The van der Waals surface area contributed by atoms with Crippen molar-refractivity contribution in [2.45, 2.75) is 39.4 Å². The first-order chi connectivity index (χ1) is 14.6. The third-order valence-electron chi connectivity index (χ3n) is 6.57. The first-order valence-electron chi connectivity index (χ1n) is 10.9. The van der Waals surface area contributed by atoms with Crippen LogP contribution in [0, 0.1) is 13.8 Å². The molecule has 0 amide bonds. The lowest BCUT2D eigenvalue weighted by molar-refractivity contribution is 0.0494. The predicted octanol–water partition coefficient (Wildman–Crippen LogP) is 3.86. The number of aromatic nitrogens is 1. The van der Waals surface area contributed by atoms with E-state index >= 15 is 0 Å². The molecule has 0 saturated carbocycles. The van der Waals surface area contributed by atoms with Crippen LogP contribution in [0.1, 0.15) is 28.8 Å². The first-order valence-corrected chi connectivity index (χ1v) is 10.9. The summed E-state index contributed by atoms with van der Waals surface area (Å²) in [5, 5.41) is 10.9. The van der Waals surface area contributed by atoms with Crippen LogP contribution < -0.4 is 4.74 Å². The van der Waals surface area contributed by atoms with Crippen LogP contribution in [0.25, 0.3) is 10.9 Å². The van der Waals surface area contributed by atoms with E-state index in [-0.39, 0.29) is 6.61 Å². The Morgan fingerprint density at radius 3 is 2.67 bits per heavy atom. The fourth-order valence-corrected chi connectivity index (χ4v) is 4.65. The van der Waals surface area contributed by atoms with E-state index in [1.165, 1.54) is 33.3 Å². The number of aromatic amines is 1. The number of nitrogens with one attached hydrogen (secondary N) is 1. The molecule has 0 aliphatic carbocycles. The van der Waals surface area contributed by atoms with Crippen molar-refractivity contribution in [3.8, 4) is 5.75 Å². The zero-order chi connectivity index (χ0) is 21.1. The first kappa shape index (κ1) is 20.9. The maximum absolute atomic E-state index is 9.67. The van der Waals surface area contributed by atoms with Gasteiger partial charge in [0.05, 0.1) is 7.11 Å². The molecule has 160 valence electrons. The van der Waals surface area contributed by atoms with Crippen LogP contribution >= 0.6 is 0 Å². The van der Waals surface area contributed by atoms with Crippen molar-refractivity contribution in [3.05, 3.63) is 64.8 Å². The molecule has 2 heterocycles. The lowest BCUT2D eigenvalue weighted by Gasteiger charge is -2.41. The average Bonchev–Trinajstić information content (AvgIpc) is 3.16. The predicted molar refractivity (Wildman–Crippen MR) is 122 cm³/mol. The maximum atomic E-state index is 9.67. The monoisotopic (exact) mass is 407 g/mol. The van der Waals surface area contributed by atoms with Gasteiger partial charge in [0.1, 0.15) is 5.75 Å². The quantitative estimate of drug-likeness (QED) is 0.624. The number of para-hydroxylation sites is 1. The van der Waals surface area contributed by atoms with Crippen molar-refractivity contribution < 1.29 is 9.84 Å². The number of methoxy groups -OCH3 is 1. The van der Waals surface area contributed by atoms with Gasteiger partial charge in [0.15, 0.2) is 0 Å². The topological polar surface area (TPSA) is 51.7 Å². The summed E-state index contributed by atoms with van der Waals surface area (Å²) in [7, 11) is 1.73. The number of ether oxygens (including phenoxy) is 1. The highest BCUT2D eigenvalue weighted by molar-refractivity contribution is 5.80. The SMILES string of the molecule is COc1ccc(CN2CCN(Cc3cc4ccccc4[nH]3)CC2CCO)c(C)c1C. The molecule has 1 saturated heterocycles. The summed E-state index contributed by atoms with van der Waals surface area (Å²) in [6.07, 6.45) is 0.803. The van der Waals surface area contributed by atoms with E-state index < -0.39 is 0 Å². The van der Waals surface area contributed by atoms with Crippen LogP contribution in [0.4, 0.5) is 0 Å². The average molecular weight is 408 g/mol. The lowest BCUT2D eigenvalue weighted by atomic mass is 10.00. The molecule has 2 aromatic carbocycles. The van der Waals surface area contributed by atoms with Crippen molar-refractivity contribution >= 4 is 10.9 Å². The summed E-state index contributed by atoms with van der Waals surface area (Å²) < 4.78 is 5.47. The van der Waals surface area contributed by atoms with E-state index in [0.717, 1.165) is 44.9 Å². The summed E-state index contributed by atoms with van der Waals surface area (Å²) in [6.45, 7) is 9.39. The smallest absolute Gasteiger partial charge is 0.122 e. The zero-order valence-corrected chi connectivity index (χ0v) is 18.3. The van der Waals surface area contributed by atoms with Crippen LogP contribution in [0.3, 0.4) is 0 Å². The fraction of sp³-hybridized carbons (Fsp3) is 0.440. The molecule has 5 nitrogen and oxygen atoms in total. The molecule has 1 aliphatic rings. The van der Waals surface area contributed by atoms with Crippen LogP contribution in [0.5, 0.6) is 5.75 Å². The van der Waals surface area contributed by atoms with Gasteiger partial charge in [0, 0.05) is 56.6 Å². The molecular weight excluding hydrogens is 374 g/mol. The molecule has 3 aromatic rings. The van der Waals surface area contributed by atoms with Crippen molar-refractivity contribution in [1.82, 2.24) is 14.8 Å². The maximum Gasteiger partial charge on any atom is 0.122 e. The second kappa shape index (κ2) is 9.21. The van der Waals surface area contributed by atoms with Crippen LogP contribution in [-0.4, -0.2) is 59.3 Å². The number of hydrogen-bond donors (Lipinski definition) is 2. The van der Waals surface area contributed by atoms with Gasteiger partial charge in [-0.2, -0.15) is 0 Å². The minimum atomic E-state index is 0.224. The Morgan fingerprint density at radius 1 is 1.07 bits per heavy atom. The highest BCUT2D eigenvalue weighted by Gasteiger charge is 2.27.